The number of rotatable bonds is 8. The summed E-state index contributed by atoms with van der Waals surface area (Å²) in [5, 5.41) is 3.64. The Morgan fingerprint density at radius 2 is 2.25 bits per heavy atom. The average molecular weight is 276 g/mol. The zero-order chi connectivity index (χ0) is 13.8. The van der Waals surface area contributed by atoms with Crippen LogP contribution in [0, 0.1) is 5.92 Å². The molecule has 1 aliphatic carbocycles. The number of aryl methyl sites for hydroxylation is 1. The molecule has 20 heavy (non-hydrogen) atoms. The van der Waals surface area contributed by atoms with Crippen LogP contribution in [0.25, 0.3) is 0 Å². The van der Waals surface area contributed by atoms with Crippen LogP contribution >= 0.6 is 0 Å². The van der Waals surface area contributed by atoms with Gasteiger partial charge in [-0.2, -0.15) is 0 Å². The highest BCUT2D eigenvalue weighted by molar-refractivity contribution is 4.99. The van der Waals surface area contributed by atoms with Crippen LogP contribution in [0.4, 0.5) is 0 Å². The van der Waals surface area contributed by atoms with Gasteiger partial charge in [-0.1, -0.05) is 6.92 Å². The first-order chi connectivity index (χ1) is 9.85. The van der Waals surface area contributed by atoms with Gasteiger partial charge in [0.2, 0.25) is 0 Å². The quantitative estimate of drug-likeness (QED) is 0.790. The molecule has 2 fully saturated rings. The fraction of sp³-hybridized carbons (Fsp3) is 0.812. The normalized spacial score (nSPS) is 22.8. The Hall–Kier alpha value is -0.870. The summed E-state index contributed by atoms with van der Waals surface area (Å²) < 4.78 is 2.32. The molecule has 2 heterocycles. The minimum Gasteiger partial charge on any atom is -0.333 e. The number of hydrogen-bond acceptors (Lipinski definition) is 3. The Morgan fingerprint density at radius 3 is 2.95 bits per heavy atom. The third-order valence-electron chi connectivity index (χ3n) is 4.50. The summed E-state index contributed by atoms with van der Waals surface area (Å²) in [5.74, 6) is 0.957. The summed E-state index contributed by atoms with van der Waals surface area (Å²) in [6.07, 6.45) is 10.8. The van der Waals surface area contributed by atoms with E-state index in [9.17, 15) is 0 Å². The van der Waals surface area contributed by atoms with Crippen LogP contribution in [-0.4, -0.2) is 40.1 Å². The molecule has 4 heteroatoms. The highest BCUT2D eigenvalue weighted by atomic mass is 15.2. The van der Waals surface area contributed by atoms with Crippen LogP contribution < -0.4 is 5.32 Å². The lowest BCUT2D eigenvalue weighted by atomic mass is 10.2. The lowest BCUT2D eigenvalue weighted by Crippen LogP contribution is -2.38. The lowest BCUT2D eigenvalue weighted by Gasteiger charge is -2.26. The van der Waals surface area contributed by atoms with Crippen LogP contribution in [-0.2, 0) is 13.1 Å². The van der Waals surface area contributed by atoms with Crippen molar-refractivity contribution in [1.82, 2.24) is 19.8 Å². The van der Waals surface area contributed by atoms with Crippen molar-refractivity contribution in [2.45, 2.75) is 58.2 Å². The Balaban J connectivity index is 1.60. The van der Waals surface area contributed by atoms with E-state index in [4.69, 9.17) is 0 Å². The van der Waals surface area contributed by atoms with Gasteiger partial charge in [0.15, 0.2) is 0 Å². The first-order valence-electron chi connectivity index (χ1n) is 8.30. The molecule has 1 aromatic rings. The molecule has 0 spiro atoms. The first-order valence-corrected chi connectivity index (χ1v) is 8.30. The van der Waals surface area contributed by atoms with E-state index < -0.39 is 0 Å². The van der Waals surface area contributed by atoms with Crippen LogP contribution in [0.5, 0.6) is 0 Å². The molecular formula is C16H28N4. The minimum absolute atomic E-state index is 0.705. The lowest BCUT2D eigenvalue weighted by molar-refractivity contribution is 0.226. The standard InChI is InChI=1S/C16H28N4/c1-2-8-20-13-17-9-16(20)12-19(10-14-5-6-14)11-15-4-3-7-18-15/h9,13-15,18H,2-8,10-12H2,1H3. The van der Waals surface area contributed by atoms with Gasteiger partial charge in [-0.25, -0.2) is 4.98 Å². The minimum atomic E-state index is 0.705. The summed E-state index contributed by atoms with van der Waals surface area (Å²) in [6.45, 7) is 8.07. The largest absolute Gasteiger partial charge is 0.333 e. The summed E-state index contributed by atoms with van der Waals surface area (Å²) in [7, 11) is 0. The summed E-state index contributed by atoms with van der Waals surface area (Å²) in [6, 6.07) is 0.705. The van der Waals surface area contributed by atoms with Gasteiger partial charge >= 0.3 is 0 Å². The molecule has 2 aliphatic rings. The molecule has 0 amide bonds. The Labute approximate surface area is 122 Å². The topological polar surface area (TPSA) is 33.1 Å². The zero-order valence-electron chi connectivity index (χ0n) is 12.7. The van der Waals surface area contributed by atoms with Crippen molar-refractivity contribution < 1.29 is 0 Å². The van der Waals surface area contributed by atoms with Gasteiger partial charge in [0.25, 0.3) is 0 Å². The van der Waals surface area contributed by atoms with Gasteiger partial charge in [0, 0.05) is 38.4 Å². The van der Waals surface area contributed by atoms with Gasteiger partial charge in [-0.05, 0) is 44.6 Å². The van der Waals surface area contributed by atoms with E-state index in [-0.39, 0.29) is 0 Å². The second-order valence-electron chi connectivity index (χ2n) is 6.51. The van der Waals surface area contributed by atoms with Gasteiger partial charge < -0.3 is 9.88 Å². The molecule has 1 atom stereocenters. The van der Waals surface area contributed by atoms with E-state index in [0.29, 0.717) is 6.04 Å². The zero-order valence-corrected chi connectivity index (χ0v) is 12.7. The van der Waals surface area contributed by atoms with E-state index >= 15 is 0 Å². The van der Waals surface area contributed by atoms with Crippen molar-refractivity contribution in [3.8, 4) is 0 Å². The number of nitrogens with one attached hydrogen (secondary N) is 1. The Morgan fingerprint density at radius 1 is 1.35 bits per heavy atom. The molecule has 112 valence electrons. The SMILES string of the molecule is CCCn1cncc1CN(CC1CC1)CC1CCCN1. The third-order valence-corrected chi connectivity index (χ3v) is 4.50. The fourth-order valence-corrected chi connectivity index (χ4v) is 3.24. The highest BCUT2D eigenvalue weighted by Gasteiger charge is 2.27. The number of aromatic nitrogens is 2. The average Bonchev–Trinajstić information content (AvgIpc) is 2.91. The van der Waals surface area contributed by atoms with Crippen LogP contribution in [0.1, 0.15) is 44.7 Å². The van der Waals surface area contributed by atoms with Crippen molar-refractivity contribution in [3.63, 3.8) is 0 Å². The van der Waals surface area contributed by atoms with E-state index in [1.807, 2.05) is 6.33 Å². The van der Waals surface area contributed by atoms with E-state index in [1.165, 1.54) is 57.4 Å². The number of nitrogens with zero attached hydrogens (tertiary/aromatic N) is 3. The van der Waals surface area contributed by atoms with Gasteiger partial charge in [0.1, 0.15) is 0 Å². The second kappa shape index (κ2) is 6.72. The fourth-order valence-electron chi connectivity index (χ4n) is 3.24. The van der Waals surface area contributed by atoms with Crippen LogP contribution in [0.3, 0.4) is 0 Å². The molecule has 1 saturated heterocycles. The molecule has 0 aromatic carbocycles. The maximum atomic E-state index is 4.34. The van der Waals surface area contributed by atoms with Crippen molar-refractivity contribution in [2.75, 3.05) is 19.6 Å². The molecule has 1 aromatic heterocycles. The van der Waals surface area contributed by atoms with Gasteiger partial charge in [-0.15, -0.1) is 0 Å². The summed E-state index contributed by atoms with van der Waals surface area (Å²) >= 11 is 0. The highest BCUT2D eigenvalue weighted by Crippen LogP contribution is 2.30. The smallest absolute Gasteiger partial charge is 0.0948 e. The van der Waals surface area contributed by atoms with Crippen molar-refractivity contribution in [1.29, 1.82) is 0 Å². The van der Waals surface area contributed by atoms with Gasteiger partial charge in [-0.3, -0.25) is 4.90 Å². The van der Waals surface area contributed by atoms with Crippen molar-refractivity contribution >= 4 is 0 Å². The monoisotopic (exact) mass is 276 g/mol. The molecule has 4 nitrogen and oxygen atoms in total. The van der Waals surface area contributed by atoms with E-state index in [2.05, 4.69) is 32.9 Å². The van der Waals surface area contributed by atoms with Gasteiger partial charge in [0.05, 0.1) is 12.0 Å². The molecule has 0 bridgehead atoms. The number of hydrogen-bond donors (Lipinski definition) is 1. The van der Waals surface area contributed by atoms with Crippen LogP contribution in [0.15, 0.2) is 12.5 Å². The van der Waals surface area contributed by atoms with E-state index in [1.54, 1.807) is 0 Å². The van der Waals surface area contributed by atoms with Crippen molar-refractivity contribution in [2.24, 2.45) is 5.92 Å². The summed E-state index contributed by atoms with van der Waals surface area (Å²) in [4.78, 5) is 7.00. The Kier molecular flexibility index (Phi) is 4.73. The predicted molar refractivity (Wildman–Crippen MR) is 81.5 cm³/mol. The molecule has 1 saturated carbocycles. The van der Waals surface area contributed by atoms with Crippen LogP contribution in [0.2, 0.25) is 0 Å². The second-order valence-corrected chi connectivity index (χ2v) is 6.51. The molecule has 1 unspecified atom stereocenters. The molecule has 3 rings (SSSR count). The molecular weight excluding hydrogens is 248 g/mol. The predicted octanol–water partition coefficient (Wildman–Crippen LogP) is 2.26. The maximum absolute atomic E-state index is 4.34. The van der Waals surface area contributed by atoms with E-state index in [0.717, 1.165) is 19.0 Å². The maximum Gasteiger partial charge on any atom is 0.0948 e. The van der Waals surface area contributed by atoms with Crippen molar-refractivity contribution in [3.05, 3.63) is 18.2 Å². The number of imidazole rings is 1. The third kappa shape index (κ3) is 3.83. The first kappa shape index (κ1) is 14.1. The summed E-state index contributed by atoms with van der Waals surface area (Å²) in [5.41, 5.74) is 1.38. The molecule has 1 N–H and O–H groups in total. The molecule has 0 radical (unpaired) electrons. The Bertz CT molecular complexity index is 404. The molecule has 1 aliphatic heterocycles.